The Balaban J connectivity index is 2.52. The molecule has 84 valence electrons. The topological polar surface area (TPSA) is 62.8 Å². The normalized spacial score (nSPS) is 11.6. The fourth-order valence-electron chi connectivity index (χ4n) is 1.42. The second-order valence-corrected chi connectivity index (χ2v) is 5.92. The van der Waals surface area contributed by atoms with Gasteiger partial charge in [-0.05, 0) is 24.6 Å². The number of halogens is 1. The molecule has 0 saturated carbocycles. The molecule has 0 aliphatic carbocycles. The van der Waals surface area contributed by atoms with E-state index in [1.165, 1.54) is 12.3 Å². The summed E-state index contributed by atoms with van der Waals surface area (Å²) < 4.78 is 22.2. The van der Waals surface area contributed by atoms with Crippen molar-refractivity contribution in [3.05, 3.63) is 36.2 Å². The zero-order chi connectivity index (χ0) is 11.8. The fraction of sp³-hybridized carbons (Fsp3) is 0.100. The number of pyridine rings is 1. The van der Waals surface area contributed by atoms with Gasteiger partial charge in [-0.3, -0.25) is 4.98 Å². The number of aromatic nitrogens is 2. The van der Waals surface area contributed by atoms with E-state index < -0.39 is 9.05 Å². The third-order valence-electron chi connectivity index (χ3n) is 2.20. The molecule has 2 heterocycles. The van der Waals surface area contributed by atoms with Crippen LogP contribution in [0.4, 0.5) is 0 Å². The van der Waals surface area contributed by atoms with Crippen molar-refractivity contribution in [1.29, 1.82) is 0 Å². The smallest absolute Gasteiger partial charge is 0.262 e. The summed E-state index contributed by atoms with van der Waals surface area (Å²) in [6.45, 7) is 1.90. The standard InChI is InChI=1S/C10H9ClN2O2S/c1-7-3-2-4-12-10(7)9-5-8(6-13-9)16(11,14)15/h2-6,13H,1H3. The Morgan fingerprint density at radius 3 is 2.75 bits per heavy atom. The van der Waals surface area contributed by atoms with Crippen molar-refractivity contribution in [3.8, 4) is 11.4 Å². The average molecular weight is 257 g/mol. The van der Waals surface area contributed by atoms with Crippen molar-refractivity contribution in [2.45, 2.75) is 11.8 Å². The van der Waals surface area contributed by atoms with E-state index in [1.54, 1.807) is 6.20 Å². The maximum atomic E-state index is 11.1. The number of nitrogens with one attached hydrogen (secondary N) is 1. The highest BCUT2D eigenvalue weighted by Crippen LogP contribution is 2.23. The van der Waals surface area contributed by atoms with Crippen LogP contribution in [0.5, 0.6) is 0 Å². The summed E-state index contributed by atoms with van der Waals surface area (Å²) in [7, 11) is 1.54. The number of rotatable bonds is 2. The van der Waals surface area contributed by atoms with E-state index in [2.05, 4.69) is 9.97 Å². The Morgan fingerprint density at radius 1 is 1.44 bits per heavy atom. The molecule has 0 amide bonds. The van der Waals surface area contributed by atoms with Gasteiger partial charge in [0.1, 0.15) is 4.90 Å². The van der Waals surface area contributed by atoms with E-state index in [0.29, 0.717) is 11.4 Å². The summed E-state index contributed by atoms with van der Waals surface area (Å²) in [4.78, 5) is 7.07. The van der Waals surface area contributed by atoms with Gasteiger partial charge < -0.3 is 4.98 Å². The molecule has 0 spiro atoms. The predicted molar refractivity (Wildman–Crippen MR) is 61.8 cm³/mol. The first kappa shape index (κ1) is 11.2. The molecule has 2 rings (SSSR count). The molecule has 2 aromatic heterocycles. The summed E-state index contributed by atoms with van der Waals surface area (Å²) in [5, 5.41) is 0. The molecule has 0 saturated heterocycles. The lowest BCUT2D eigenvalue weighted by Gasteiger charge is -2.00. The predicted octanol–water partition coefficient (Wildman–Crippen LogP) is 2.31. The Kier molecular flexibility index (Phi) is 2.73. The highest BCUT2D eigenvalue weighted by Gasteiger charge is 2.14. The van der Waals surface area contributed by atoms with Gasteiger partial charge >= 0.3 is 0 Å². The van der Waals surface area contributed by atoms with E-state index in [1.807, 2.05) is 19.1 Å². The minimum atomic E-state index is -3.69. The third kappa shape index (κ3) is 2.10. The summed E-state index contributed by atoms with van der Waals surface area (Å²) >= 11 is 0. The van der Waals surface area contributed by atoms with E-state index in [-0.39, 0.29) is 4.90 Å². The summed E-state index contributed by atoms with van der Waals surface area (Å²) in [5.74, 6) is 0. The molecular formula is C10H9ClN2O2S. The van der Waals surface area contributed by atoms with Crippen molar-refractivity contribution >= 4 is 19.7 Å². The number of aryl methyl sites for hydroxylation is 1. The molecular weight excluding hydrogens is 248 g/mol. The number of hydrogen-bond acceptors (Lipinski definition) is 3. The number of hydrogen-bond donors (Lipinski definition) is 1. The molecule has 0 aliphatic rings. The van der Waals surface area contributed by atoms with Crippen LogP contribution in [0.2, 0.25) is 0 Å². The first-order chi connectivity index (χ1) is 7.48. The second kappa shape index (κ2) is 3.92. The first-order valence-electron chi connectivity index (χ1n) is 4.53. The Hall–Kier alpha value is -1.33. The zero-order valence-electron chi connectivity index (χ0n) is 8.44. The third-order valence-corrected chi connectivity index (χ3v) is 3.54. The van der Waals surface area contributed by atoms with Crippen LogP contribution in [0.1, 0.15) is 5.56 Å². The second-order valence-electron chi connectivity index (χ2n) is 3.36. The fourth-order valence-corrected chi connectivity index (χ4v) is 2.15. The van der Waals surface area contributed by atoms with Gasteiger partial charge in [-0.25, -0.2) is 8.42 Å². The molecule has 6 heteroatoms. The van der Waals surface area contributed by atoms with Gasteiger partial charge in [-0.15, -0.1) is 0 Å². The highest BCUT2D eigenvalue weighted by molar-refractivity contribution is 8.13. The number of nitrogens with zero attached hydrogens (tertiary/aromatic N) is 1. The van der Waals surface area contributed by atoms with E-state index in [9.17, 15) is 8.42 Å². The van der Waals surface area contributed by atoms with Crippen LogP contribution in [0.25, 0.3) is 11.4 Å². The molecule has 1 N–H and O–H groups in total. The maximum Gasteiger partial charge on any atom is 0.262 e. The molecule has 0 radical (unpaired) electrons. The van der Waals surface area contributed by atoms with Crippen molar-refractivity contribution in [2.75, 3.05) is 0 Å². The average Bonchev–Trinajstić information content (AvgIpc) is 2.66. The molecule has 0 bridgehead atoms. The van der Waals surface area contributed by atoms with E-state index >= 15 is 0 Å². The molecule has 0 aromatic carbocycles. The minimum absolute atomic E-state index is 0.0502. The van der Waals surface area contributed by atoms with Crippen LogP contribution in [-0.2, 0) is 9.05 Å². The zero-order valence-corrected chi connectivity index (χ0v) is 10.0. The highest BCUT2D eigenvalue weighted by atomic mass is 35.7. The van der Waals surface area contributed by atoms with Crippen LogP contribution in [0.3, 0.4) is 0 Å². The summed E-state index contributed by atoms with van der Waals surface area (Å²) in [6.07, 6.45) is 3.00. The van der Waals surface area contributed by atoms with Gasteiger partial charge in [0, 0.05) is 23.1 Å². The number of H-pyrrole nitrogens is 1. The van der Waals surface area contributed by atoms with Gasteiger partial charge in [-0.1, -0.05) is 6.07 Å². The Morgan fingerprint density at radius 2 is 2.19 bits per heavy atom. The Labute approximate surface area is 97.7 Å². The van der Waals surface area contributed by atoms with Gasteiger partial charge in [0.25, 0.3) is 9.05 Å². The van der Waals surface area contributed by atoms with E-state index in [0.717, 1.165) is 5.56 Å². The lowest BCUT2D eigenvalue weighted by molar-refractivity contribution is 0.609. The molecule has 4 nitrogen and oxygen atoms in total. The maximum absolute atomic E-state index is 11.1. The van der Waals surface area contributed by atoms with Gasteiger partial charge in [0.2, 0.25) is 0 Å². The quantitative estimate of drug-likeness (QED) is 0.839. The van der Waals surface area contributed by atoms with E-state index in [4.69, 9.17) is 10.7 Å². The van der Waals surface area contributed by atoms with Gasteiger partial charge in [-0.2, -0.15) is 0 Å². The monoisotopic (exact) mass is 256 g/mol. The SMILES string of the molecule is Cc1cccnc1-c1cc(S(=O)(=O)Cl)c[nH]1. The van der Waals surface area contributed by atoms with Crippen LogP contribution >= 0.6 is 10.7 Å². The summed E-state index contributed by atoms with van der Waals surface area (Å²) in [5.41, 5.74) is 2.31. The molecule has 0 atom stereocenters. The number of aromatic amines is 1. The Bertz CT molecular complexity index is 619. The van der Waals surface area contributed by atoms with Gasteiger partial charge in [0.15, 0.2) is 0 Å². The molecule has 16 heavy (non-hydrogen) atoms. The molecule has 2 aromatic rings. The molecule has 0 fully saturated rings. The summed E-state index contributed by atoms with van der Waals surface area (Å²) in [6, 6.07) is 5.19. The largest absolute Gasteiger partial charge is 0.359 e. The molecule has 0 aliphatic heterocycles. The van der Waals surface area contributed by atoms with Crippen LogP contribution < -0.4 is 0 Å². The van der Waals surface area contributed by atoms with Gasteiger partial charge in [0.05, 0.1) is 11.4 Å². The van der Waals surface area contributed by atoms with Crippen LogP contribution in [0.15, 0.2) is 35.5 Å². The lowest BCUT2D eigenvalue weighted by Crippen LogP contribution is -1.87. The van der Waals surface area contributed by atoms with Crippen molar-refractivity contribution in [1.82, 2.24) is 9.97 Å². The molecule has 0 unspecified atom stereocenters. The van der Waals surface area contributed by atoms with Crippen molar-refractivity contribution in [2.24, 2.45) is 0 Å². The lowest BCUT2D eigenvalue weighted by atomic mass is 10.2. The first-order valence-corrected chi connectivity index (χ1v) is 6.84. The van der Waals surface area contributed by atoms with Crippen LogP contribution in [-0.4, -0.2) is 18.4 Å². The minimum Gasteiger partial charge on any atom is -0.359 e. The van der Waals surface area contributed by atoms with Crippen molar-refractivity contribution < 1.29 is 8.42 Å². The van der Waals surface area contributed by atoms with Crippen molar-refractivity contribution in [3.63, 3.8) is 0 Å². The van der Waals surface area contributed by atoms with Crippen LogP contribution in [0, 0.1) is 6.92 Å².